The highest BCUT2D eigenvalue weighted by Gasteiger charge is 2.29. The first kappa shape index (κ1) is 19.7. The van der Waals surface area contributed by atoms with Crippen LogP contribution in [0.25, 0.3) is 0 Å². The van der Waals surface area contributed by atoms with Crippen LogP contribution in [-0.4, -0.2) is 47.2 Å². The van der Waals surface area contributed by atoms with Gasteiger partial charge in [-0.2, -0.15) is 5.10 Å². The Labute approximate surface area is 164 Å². The first-order chi connectivity index (χ1) is 13.1. The maximum atomic E-state index is 12.5. The maximum absolute atomic E-state index is 12.5. The summed E-state index contributed by atoms with van der Waals surface area (Å²) in [6, 6.07) is 6.97. The van der Waals surface area contributed by atoms with Crippen LogP contribution < -0.4 is 15.0 Å². The average Bonchev–Trinajstić information content (AvgIpc) is 3.08. The molecule has 2 heterocycles. The van der Waals surface area contributed by atoms with Crippen LogP contribution in [0.2, 0.25) is 0 Å². The molecule has 1 aliphatic rings. The van der Waals surface area contributed by atoms with Crippen molar-refractivity contribution in [3.63, 3.8) is 0 Å². The van der Waals surface area contributed by atoms with Crippen molar-refractivity contribution in [2.75, 3.05) is 24.3 Å². The number of anilines is 2. The smallest absolute Gasteiger partial charge is 0.321 e. The zero-order valence-electron chi connectivity index (χ0n) is 17.2. The van der Waals surface area contributed by atoms with Gasteiger partial charge in [-0.05, 0) is 25.1 Å². The number of rotatable bonds is 3. The van der Waals surface area contributed by atoms with E-state index in [-0.39, 0.29) is 17.4 Å². The second-order valence-corrected chi connectivity index (χ2v) is 8.15. The number of ether oxygens (including phenoxy) is 1. The van der Waals surface area contributed by atoms with Gasteiger partial charge < -0.3 is 19.9 Å². The van der Waals surface area contributed by atoms with E-state index in [1.54, 1.807) is 49.0 Å². The van der Waals surface area contributed by atoms with Crippen LogP contribution in [0.1, 0.15) is 39.1 Å². The lowest BCUT2D eigenvalue weighted by atomic mass is 9.92. The van der Waals surface area contributed by atoms with Gasteiger partial charge in [-0.15, -0.1) is 0 Å². The largest absolute Gasteiger partial charge is 0.479 e. The second kappa shape index (κ2) is 7.18. The standard InChI is InChI=1S/C20H27N5O3/c1-12-18(26)25(6)15-8-7-13(9-16(15)28-12)21-19(27)24(5)11-14-10-17(23-22-14)20(2,3)4/h7-10,12H,11H2,1-6H3,(H,21,27)(H,22,23)/t12-/m1/s1. The number of likely N-dealkylation sites (N-methyl/N-ethyl adjacent to an activating group) is 1. The molecule has 0 bridgehead atoms. The Bertz CT molecular complexity index is 899. The SMILES string of the molecule is C[C@H]1Oc2cc(NC(=O)N(C)Cc3cc(C(C)(C)C)n[nH]3)ccc2N(C)C1=O. The van der Waals surface area contributed by atoms with E-state index in [1.807, 2.05) is 6.07 Å². The number of hydrogen-bond acceptors (Lipinski definition) is 4. The van der Waals surface area contributed by atoms with E-state index in [1.165, 1.54) is 0 Å². The van der Waals surface area contributed by atoms with Gasteiger partial charge >= 0.3 is 6.03 Å². The monoisotopic (exact) mass is 385 g/mol. The fourth-order valence-corrected chi connectivity index (χ4v) is 2.97. The molecule has 2 aromatic rings. The van der Waals surface area contributed by atoms with Crippen molar-refractivity contribution in [1.29, 1.82) is 0 Å². The van der Waals surface area contributed by atoms with Gasteiger partial charge in [-0.1, -0.05) is 20.8 Å². The average molecular weight is 385 g/mol. The molecule has 0 unspecified atom stereocenters. The van der Waals surface area contributed by atoms with Gasteiger partial charge in [0.25, 0.3) is 5.91 Å². The molecule has 0 radical (unpaired) electrons. The molecule has 8 nitrogen and oxygen atoms in total. The number of aromatic nitrogens is 2. The summed E-state index contributed by atoms with van der Waals surface area (Å²) in [6.07, 6.45) is -0.552. The number of amides is 3. The van der Waals surface area contributed by atoms with Crippen molar-refractivity contribution < 1.29 is 14.3 Å². The number of nitrogens with one attached hydrogen (secondary N) is 2. The molecule has 0 fully saturated rings. The molecule has 0 saturated carbocycles. The van der Waals surface area contributed by atoms with Gasteiger partial charge in [0.1, 0.15) is 5.75 Å². The van der Waals surface area contributed by atoms with E-state index < -0.39 is 6.10 Å². The Morgan fingerprint density at radius 3 is 2.71 bits per heavy atom. The van der Waals surface area contributed by atoms with Gasteiger partial charge in [0.05, 0.1) is 23.6 Å². The van der Waals surface area contributed by atoms with Crippen LogP contribution in [0, 0.1) is 0 Å². The second-order valence-electron chi connectivity index (χ2n) is 8.15. The molecule has 3 rings (SSSR count). The van der Waals surface area contributed by atoms with Crippen LogP contribution in [0.3, 0.4) is 0 Å². The summed E-state index contributed by atoms with van der Waals surface area (Å²) < 4.78 is 5.66. The molecule has 8 heteroatoms. The van der Waals surface area contributed by atoms with Gasteiger partial charge in [0.2, 0.25) is 0 Å². The van der Waals surface area contributed by atoms with E-state index in [4.69, 9.17) is 4.74 Å². The number of aromatic amines is 1. The van der Waals surface area contributed by atoms with E-state index in [9.17, 15) is 9.59 Å². The minimum absolute atomic E-state index is 0.0512. The molecule has 1 atom stereocenters. The Morgan fingerprint density at radius 2 is 2.07 bits per heavy atom. The fourth-order valence-electron chi connectivity index (χ4n) is 2.97. The molecule has 1 aromatic heterocycles. The Kier molecular flexibility index (Phi) is 5.06. The number of benzene rings is 1. The minimum atomic E-state index is -0.552. The first-order valence-corrected chi connectivity index (χ1v) is 9.21. The lowest BCUT2D eigenvalue weighted by molar-refractivity contribution is -0.125. The molecule has 3 amide bonds. The molecule has 150 valence electrons. The summed E-state index contributed by atoms with van der Waals surface area (Å²) in [6.45, 7) is 8.38. The minimum Gasteiger partial charge on any atom is -0.479 e. The highest BCUT2D eigenvalue weighted by Crippen LogP contribution is 2.35. The van der Waals surface area contributed by atoms with Crippen LogP contribution in [0.4, 0.5) is 16.2 Å². The quantitative estimate of drug-likeness (QED) is 0.849. The normalized spacial score (nSPS) is 16.4. The Balaban J connectivity index is 1.67. The number of fused-ring (bicyclic) bond motifs is 1. The molecule has 1 aliphatic heterocycles. The van der Waals surface area contributed by atoms with Crippen molar-refractivity contribution in [3.8, 4) is 5.75 Å². The van der Waals surface area contributed by atoms with Gasteiger partial charge in [0.15, 0.2) is 6.10 Å². The zero-order valence-corrected chi connectivity index (χ0v) is 17.2. The van der Waals surface area contributed by atoms with Crippen LogP contribution in [-0.2, 0) is 16.8 Å². The van der Waals surface area contributed by atoms with E-state index in [2.05, 4.69) is 36.3 Å². The highest BCUT2D eigenvalue weighted by atomic mass is 16.5. The number of H-pyrrole nitrogens is 1. The van der Waals surface area contributed by atoms with Crippen molar-refractivity contribution in [2.45, 2.75) is 45.8 Å². The summed E-state index contributed by atoms with van der Waals surface area (Å²) in [5.41, 5.74) is 3.05. The Hall–Kier alpha value is -3.03. The first-order valence-electron chi connectivity index (χ1n) is 9.21. The lowest BCUT2D eigenvalue weighted by Crippen LogP contribution is -2.42. The van der Waals surface area contributed by atoms with Crippen molar-refractivity contribution >= 4 is 23.3 Å². The molecule has 2 N–H and O–H groups in total. The van der Waals surface area contributed by atoms with Crippen LogP contribution in [0.5, 0.6) is 5.75 Å². The fraction of sp³-hybridized carbons (Fsp3) is 0.450. The highest BCUT2D eigenvalue weighted by molar-refractivity contribution is 6.00. The molecular formula is C20H27N5O3. The molecule has 0 aliphatic carbocycles. The van der Waals surface area contributed by atoms with Crippen molar-refractivity contribution in [1.82, 2.24) is 15.1 Å². The number of hydrogen-bond donors (Lipinski definition) is 2. The summed E-state index contributed by atoms with van der Waals surface area (Å²) >= 11 is 0. The van der Waals surface area contributed by atoms with Gasteiger partial charge in [-0.3, -0.25) is 9.89 Å². The lowest BCUT2D eigenvalue weighted by Gasteiger charge is -2.30. The van der Waals surface area contributed by atoms with Gasteiger partial charge in [0, 0.05) is 31.3 Å². The van der Waals surface area contributed by atoms with E-state index >= 15 is 0 Å². The third kappa shape index (κ3) is 3.95. The number of carbonyl (C=O) groups is 2. The van der Waals surface area contributed by atoms with Gasteiger partial charge in [-0.25, -0.2) is 4.79 Å². The van der Waals surface area contributed by atoms with Crippen molar-refractivity contribution in [3.05, 3.63) is 35.7 Å². The third-order valence-electron chi connectivity index (χ3n) is 4.71. The molecular weight excluding hydrogens is 358 g/mol. The summed E-state index contributed by atoms with van der Waals surface area (Å²) in [7, 11) is 3.43. The predicted octanol–water partition coefficient (Wildman–Crippen LogP) is 3.11. The maximum Gasteiger partial charge on any atom is 0.321 e. The summed E-state index contributed by atoms with van der Waals surface area (Å²) in [4.78, 5) is 27.7. The topological polar surface area (TPSA) is 90.6 Å². The molecule has 28 heavy (non-hydrogen) atoms. The predicted molar refractivity (Wildman–Crippen MR) is 108 cm³/mol. The zero-order chi connectivity index (χ0) is 20.6. The Morgan fingerprint density at radius 1 is 1.36 bits per heavy atom. The number of urea groups is 1. The number of carbonyl (C=O) groups excluding carboxylic acids is 2. The third-order valence-corrected chi connectivity index (χ3v) is 4.71. The van der Waals surface area contributed by atoms with E-state index in [0.29, 0.717) is 23.7 Å². The van der Waals surface area contributed by atoms with E-state index in [0.717, 1.165) is 11.4 Å². The number of nitrogens with zero attached hydrogens (tertiary/aromatic N) is 3. The van der Waals surface area contributed by atoms with Crippen LogP contribution in [0.15, 0.2) is 24.3 Å². The molecule has 1 aromatic carbocycles. The van der Waals surface area contributed by atoms with Crippen LogP contribution >= 0.6 is 0 Å². The molecule has 0 spiro atoms. The molecule has 0 saturated heterocycles. The van der Waals surface area contributed by atoms with Crippen molar-refractivity contribution in [2.24, 2.45) is 0 Å². The summed E-state index contributed by atoms with van der Waals surface area (Å²) in [5, 5.41) is 10.2. The summed E-state index contributed by atoms with van der Waals surface area (Å²) in [5.74, 6) is 0.469.